The molecule has 2 nitrogen and oxygen atoms in total. The van der Waals surface area contributed by atoms with Crippen LogP contribution in [0.1, 0.15) is 0 Å². The molecule has 0 aliphatic heterocycles. The molecule has 0 atom stereocenters. The summed E-state index contributed by atoms with van der Waals surface area (Å²) >= 11 is 2.27. The van der Waals surface area contributed by atoms with Crippen LogP contribution < -0.4 is 0 Å². The van der Waals surface area contributed by atoms with E-state index >= 15 is 0 Å². The highest BCUT2D eigenvalue weighted by atomic mass is 127. The number of rotatable bonds is 0. The van der Waals surface area contributed by atoms with E-state index in [1.165, 1.54) is 0 Å². The molecule has 0 saturated carbocycles. The molecule has 46 valence electrons. The minimum absolute atomic E-state index is 0.438. The SMILES string of the molecule is [N-]=[N+]=C1C=CC(I)C=C1. The van der Waals surface area contributed by atoms with Gasteiger partial charge in [-0.05, 0) is 0 Å². The van der Waals surface area contributed by atoms with Crippen LogP contribution >= 0.6 is 22.6 Å². The zero-order valence-electron chi connectivity index (χ0n) is 4.66. The van der Waals surface area contributed by atoms with Gasteiger partial charge in [0.2, 0.25) is 0 Å². The minimum atomic E-state index is 0.438. The second-order valence-corrected chi connectivity index (χ2v) is 3.13. The van der Waals surface area contributed by atoms with Crippen molar-refractivity contribution in [2.75, 3.05) is 0 Å². The summed E-state index contributed by atoms with van der Waals surface area (Å²) < 4.78 is 0.438. The Bertz CT molecular complexity index is 195. The fourth-order valence-electron chi connectivity index (χ4n) is 0.567. The van der Waals surface area contributed by atoms with Crippen LogP contribution in [0.5, 0.6) is 0 Å². The predicted molar refractivity (Wildman–Crippen MR) is 44.7 cm³/mol. The van der Waals surface area contributed by atoms with Gasteiger partial charge in [0.05, 0.1) is 0 Å². The van der Waals surface area contributed by atoms with Gasteiger partial charge < -0.3 is 5.53 Å². The van der Waals surface area contributed by atoms with Gasteiger partial charge in [-0.3, -0.25) is 0 Å². The molecule has 0 fully saturated rings. The van der Waals surface area contributed by atoms with Gasteiger partial charge in [0, 0.05) is 16.1 Å². The quantitative estimate of drug-likeness (QED) is 0.263. The van der Waals surface area contributed by atoms with E-state index in [9.17, 15) is 0 Å². The minimum Gasteiger partial charge on any atom is -0.361 e. The van der Waals surface area contributed by atoms with Crippen LogP contribution in [-0.2, 0) is 0 Å². The normalized spacial score (nSPS) is 24.1. The molecule has 0 unspecified atom stereocenters. The van der Waals surface area contributed by atoms with E-state index in [-0.39, 0.29) is 0 Å². The molecule has 1 aliphatic rings. The number of allylic oxidation sites excluding steroid dienone is 4. The van der Waals surface area contributed by atoms with Crippen molar-refractivity contribution in [3.8, 4) is 0 Å². The number of nitrogens with zero attached hydrogens (tertiary/aromatic N) is 2. The van der Waals surface area contributed by atoms with E-state index in [0.29, 0.717) is 9.64 Å². The zero-order chi connectivity index (χ0) is 6.69. The van der Waals surface area contributed by atoms with Gasteiger partial charge >= 0.3 is 5.71 Å². The molecule has 0 N–H and O–H groups in total. The molecule has 0 amide bonds. The van der Waals surface area contributed by atoms with Crippen molar-refractivity contribution in [1.29, 1.82) is 0 Å². The first kappa shape index (κ1) is 6.71. The topological polar surface area (TPSA) is 36.4 Å². The van der Waals surface area contributed by atoms with Crippen molar-refractivity contribution in [3.63, 3.8) is 0 Å². The summed E-state index contributed by atoms with van der Waals surface area (Å²) in [7, 11) is 0. The summed E-state index contributed by atoms with van der Waals surface area (Å²) in [4.78, 5) is 3.02. The predicted octanol–water partition coefficient (Wildman–Crippen LogP) is 1.59. The maximum Gasteiger partial charge on any atom is 0.314 e. The second-order valence-electron chi connectivity index (χ2n) is 1.69. The molecule has 0 spiro atoms. The zero-order valence-corrected chi connectivity index (χ0v) is 6.82. The average Bonchev–Trinajstić information content (AvgIpc) is 1.90. The van der Waals surface area contributed by atoms with Crippen LogP contribution in [0, 0.1) is 0 Å². The Morgan fingerprint density at radius 3 is 2.44 bits per heavy atom. The smallest absolute Gasteiger partial charge is 0.314 e. The van der Waals surface area contributed by atoms with E-state index in [1.807, 2.05) is 12.2 Å². The van der Waals surface area contributed by atoms with Gasteiger partial charge in [0.15, 0.2) is 0 Å². The molecule has 3 heteroatoms. The van der Waals surface area contributed by atoms with Crippen LogP contribution in [0.3, 0.4) is 0 Å². The molecule has 9 heavy (non-hydrogen) atoms. The molecule has 0 aromatic heterocycles. The van der Waals surface area contributed by atoms with E-state index in [2.05, 4.69) is 27.4 Å². The Morgan fingerprint density at radius 1 is 1.44 bits per heavy atom. The Hall–Kier alpha value is -0.410. The molecule has 1 rings (SSSR count). The van der Waals surface area contributed by atoms with Gasteiger partial charge in [0.25, 0.3) is 0 Å². The summed E-state index contributed by atoms with van der Waals surface area (Å²) in [5.41, 5.74) is 8.87. The highest BCUT2D eigenvalue weighted by Gasteiger charge is 2.04. The molecular formula is C6H5IN2. The Balaban J connectivity index is 2.82. The standard InChI is InChI=1S/C6H5IN2/c7-5-1-3-6(9-8)4-2-5/h1-5H. The number of hydrogen-bond acceptors (Lipinski definition) is 0. The lowest BCUT2D eigenvalue weighted by Gasteiger charge is -1.95. The fraction of sp³-hybridized carbons (Fsp3) is 0.167. The van der Waals surface area contributed by atoms with Crippen molar-refractivity contribution >= 4 is 28.3 Å². The Kier molecular flexibility index (Phi) is 2.19. The number of alkyl halides is 1. The van der Waals surface area contributed by atoms with Crippen LogP contribution in [0.2, 0.25) is 0 Å². The number of hydrogen-bond donors (Lipinski definition) is 0. The summed E-state index contributed by atoms with van der Waals surface area (Å²) in [5.74, 6) is 0. The third-order valence-corrected chi connectivity index (χ3v) is 1.85. The molecule has 1 aliphatic carbocycles. The van der Waals surface area contributed by atoms with Gasteiger partial charge in [-0.2, -0.15) is 4.79 Å². The summed E-state index contributed by atoms with van der Waals surface area (Å²) in [6.45, 7) is 0. The monoisotopic (exact) mass is 232 g/mol. The van der Waals surface area contributed by atoms with Crippen molar-refractivity contribution in [2.24, 2.45) is 0 Å². The highest BCUT2D eigenvalue weighted by molar-refractivity contribution is 14.1. The van der Waals surface area contributed by atoms with Crippen molar-refractivity contribution in [2.45, 2.75) is 3.92 Å². The van der Waals surface area contributed by atoms with Gasteiger partial charge in [0.1, 0.15) is 0 Å². The van der Waals surface area contributed by atoms with Crippen molar-refractivity contribution in [1.82, 2.24) is 0 Å². The van der Waals surface area contributed by atoms with Crippen LogP contribution in [0.4, 0.5) is 0 Å². The average molecular weight is 232 g/mol. The second kappa shape index (κ2) is 2.94. The summed E-state index contributed by atoms with van der Waals surface area (Å²) in [6, 6.07) is 0. The van der Waals surface area contributed by atoms with Crippen molar-refractivity contribution in [3.05, 3.63) is 29.8 Å². The first-order valence-electron chi connectivity index (χ1n) is 2.55. The van der Waals surface area contributed by atoms with Crippen LogP contribution in [0.15, 0.2) is 24.3 Å². The maximum atomic E-state index is 8.26. The van der Waals surface area contributed by atoms with E-state index in [0.717, 1.165) is 0 Å². The van der Waals surface area contributed by atoms with E-state index in [1.54, 1.807) is 12.2 Å². The third kappa shape index (κ3) is 1.77. The van der Waals surface area contributed by atoms with E-state index in [4.69, 9.17) is 5.53 Å². The van der Waals surface area contributed by atoms with Crippen LogP contribution in [-0.4, -0.2) is 14.4 Å². The van der Waals surface area contributed by atoms with Gasteiger partial charge in [-0.1, -0.05) is 34.7 Å². The first-order chi connectivity index (χ1) is 4.33. The number of halogens is 1. The molecular weight excluding hydrogens is 227 g/mol. The molecule has 0 radical (unpaired) electrons. The molecule has 0 aromatic carbocycles. The van der Waals surface area contributed by atoms with Gasteiger partial charge in [-0.15, -0.1) is 0 Å². The Labute approximate surface area is 67.0 Å². The molecule has 0 saturated heterocycles. The molecule has 0 aromatic rings. The maximum absolute atomic E-state index is 8.26. The highest BCUT2D eigenvalue weighted by Crippen LogP contribution is 2.07. The summed E-state index contributed by atoms with van der Waals surface area (Å²) in [5, 5.41) is 0. The lowest BCUT2D eigenvalue weighted by atomic mass is 10.2. The van der Waals surface area contributed by atoms with Crippen LogP contribution in [0.25, 0.3) is 5.53 Å². The Morgan fingerprint density at radius 2 is 2.00 bits per heavy atom. The lowest BCUT2D eigenvalue weighted by Crippen LogP contribution is -1.99. The molecule has 0 bridgehead atoms. The van der Waals surface area contributed by atoms with Gasteiger partial charge in [-0.25, -0.2) is 0 Å². The summed E-state index contributed by atoms with van der Waals surface area (Å²) in [6.07, 6.45) is 7.51. The van der Waals surface area contributed by atoms with E-state index < -0.39 is 0 Å². The fourth-order valence-corrected chi connectivity index (χ4v) is 0.983. The third-order valence-electron chi connectivity index (χ3n) is 1.02. The molecule has 0 heterocycles. The van der Waals surface area contributed by atoms with Crippen molar-refractivity contribution < 1.29 is 4.79 Å². The lowest BCUT2D eigenvalue weighted by molar-refractivity contribution is -0.00159. The first-order valence-corrected chi connectivity index (χ1v) is 3.80. The largest absolute Gasteiger partial charge is 0.361 e.